The fourth-order valence-corrected chi connectivity index (χ4v) is 11.3. The Bertz CT molecular complexity index is 995. The maximum Gasteiger partial charge on any atom is 0.196 e. The van der Waals surface area contributed by atoms with Gasteiger partial charge >= 0.3 is 0 Å². The number of piperidine rings is 2. The third-order valence-electron chi connectivity index (χ3n) is 13.1. The van der Waals surface area contributed by atoms with Crippen molar-refractivity contribution in [3.8, 4) is 0 Å². The third kappa shape index (κ3) is 2.27. The first-order valence-corrected chi connectivity index (χ1v) is 14.0. The molecule has 9 heteroatoms. The molecule has 7 aliphatic rings. The van der Waals surface area contributed by atoms with Crippen LogP contribution in [0, 0.1) is 29.1 Å². The van der Waals surface area contributed by atoms with E-state index in [1.54, 1.807) is 6.92 Å². The van der Waals surface area contributed by atoms with Crippen LogP contribution in [0.4, 0.5) is 0 Å². The van der Waals surface area contributed by atoms with Gasteiger partial charge in [0.15, 0.2) is 5.79 Å². The minimum Gasteiger partial charge on any atom is -0.390 e. The van der Waals surface area contributed by atoms with Crippen LogP contribution in [-0.4, -0.2) is 106 Å². The largest absolute Gasteiger partial charge is 0.390 e. The summed E-state index contributed by atoms with van der Waals surface area (Å²) in [6, 6.07) is -0.360. The maximum absolute atomic E-state index is 12.7. The van der Waals surface area contributed by atoms with Crippen molar-refractivity contribution in [2.24, 2.45) is 29.1 Å². The van der Waals surface area contributed by atoms with E-state index in [1.807, 2.05) is 6.92 Å². The summed E-state index contributed by atoms with van der Waals surface area (Å²) in [5.74, 6) is -3.30. The molecule has 4 bridgehead atoms. The van der Waals surface area contributed by atoms with Gasteiger partial charge in [-0.15, -0.1) is 0 Å². The highest BCUT2D eigenvalue weighted by atomic mass is 16.7. The first-order valence-electron chi connectivity index (χ1n) is 14.0. The van der Waals surface area contributed by atoms with E-state index in [2.05, 4.69) is 11.8 Å². The average molecular weight is 510 g/mol. The van der Waals surface area contributed by atoms with Crippen LogP contribution in [0.5, 0.6) is 0 Å². The van der Waals surface area contributed by atoms with Gasteiger partial charge in [-0.25, -0.2) is 0 Å². The Hall–Kier alpha value is -0.360. The van der Waals surface area contributed by atoms with Crippen LogP contribution < -0.4 is 0 Å². The molecule has 0 unspecified atom stereocenters. The van der Waals surface area contributed by atoms with E-state index < -0.39 is 63.3 Å². The molecule has 4 aliphatic carbocycles. The number of ether oxygens (including phenoxy) is 1. The van der Waals surface area contributed by atoms with Gasteiger partial charge in [0, 0.05) is 55.1 Å². The molecule has 7 rings (SSSR count). The highest BCUT2D eigenvalue weighted by Gasteiger charge is 2.88. The summed E-state index contributed by atoms with van der Waals surface area (Å²) in [6.07, 6.45) is 0.752. The molecule has 7 fully saturated rings. The van der Waals surface area contributed by atoms with Crippen molar-refractivity contribution in [3.63, 3.8) is 0 Å². The molecule has 9 nitrogen and oxygen atoms in total. The zero-order chi connectivity index (χ0) is 25.9. The molecule has 0 aromatic carbocycles. The van der Waals surface area contributed by atoms with Crippen LogP contribution in [0.1, 0.15) is 72.1 Å². The molecule has 36 heavy (non-hydrogen) atoms. The summed E-state index contributed by atoms with van der Waals surface area (Å²) in [5.41, 5.74) is -9.07. The smallest absolute Gasteiger partial charge is 0.196 e. The second kappa shape index (κ2) is 6.67. The number of nitrogens with zero attached hydrogens (tertiary/aromatic N) is 1. The first kappa shape index (κ1) is 24.7. The van der Waals surface area contributed by atoms with Crippen molar-refractivity contribution in [3.05, 3.63) is 0 Å². The Morgan fingerprint density at radius 2 is 1.47 bits per heavy atom. The quantitative estimate of drug-likeness (QED) is 0.228. The van der Waals surface area contributed by atoms with E-state index in [0.29, 0.717) is 44.6 Å². The molecule has 0 radical (unpaired) electrons. The van der Waals surface area contributed by atoms with Gasteiger partial charge in [-0.3, -0.25) is 4.90 Å². The van der Waals surface area contributed by atoms with Gasteiger partial charge < -0.3 is 40.5 Å². The third-order valence-corrected chi connectivity index (χ3v) is 13.1. The van der Waals surface area contributed by atoms with E-state index in [0.717, 1.165) is 6.42 Å². The fraction of sp³-hybridized carbons (Fsp3) is 1.00. The predicted octanol–water partition coefficient (Wildman–Crippen LogP) is -0.526. The normalized spacial score (nSPS) is 68.0. The maximum atomic E-state index is 12.7. The van der Waals surface area contributed by atoms with E-state index in [1.165, 1.54) is 0 Å². The van der Waals surface area contributed by atoms with Gasteiger partial charge in [-0.05, 0) is 51.4 Å². The molecular weight excluding hydrogens is 466 g/mol. The molecule has 0 aromatic rings. The van der Waals surface area contributed by atoms with Gasteiger partial charge in [0.2, 0.25) is 0 Å². The topological polar surface area (TPSA) is 154 Å². The number of fused-ring (bicyclic) bond motifs is 5. The van der Waals surface area contributed by atoms with Crippen molar-refractivity contribution < 1.29 is 40.5 Å². The molecule has 14 atom stereocenters. The van der Waals surface area contributed by atoms with Crippen LogP contribution in [0.25, 0.3) is 0 Å². The van der Waals surface area contributed by atoms with E-state index in [9.17, 15) is 35.7 Å². The molecular formula is C27H43NO8. The van der Waals surface area contributed by atoms with Gasteiger partial charge in [-0.2, -0.15) is 0 Å². The summed E-state index contributed by atoms with van der Waals surface area (Å²) >= 11 is 0. The lowest BCUT2D eigenvalue weighted by Crippen LogP contribution is -2.85. The number of hydrogen-bond acceptors (Lipinski definition) is 9. The Labute approximate surface area is 212 Å². The highest BCUT2D eigenvalue weighted by Crippen LogP contribution is 2.78. The van der Waals surface area contributed by atoms with Crippen molar-refractivity contribution in [1.29, 1.82) is 0 Å². The number of aliphatic hydroxyl groups excluding tert-OH is 2. The second-order valence-corrected chi connectivity index (χ2v) is 14.3. The van der Waals surface area contributed by atoms with Crippen molar-refractivity contribution in [2.75, 3.05) is 13.1 Å². The van der Waals surface area contributed by atoms with Crippen molar-refractivity contribution in [2.45, 2.75) is 124 Å². The molecule has 0 aromatic heterocycles. The standard InChI is InChI=1S/C27H43NO8/c1-14-4-7-18-22(3,31)26(34)17(12-28(18)11-14)24(33)13-25-16(23(24,32)10-20(26)30)6-5-15-21(25,2)9-8-19(29)27(15,35)36-25/h14-20,29-35H,4-13H2,1-3H3/t14-,15-,16-,17-,18+,19-,20+,21+,22-,23-,24-,25-,26-,27+/m1/s1. The SMILES string of the molecule is C[C@@H]1CC[C@@H]2N(C1)C[C@H]1[C@@](O)([C@@H](O)C[C@@]3(O)[C@H]4CC[C@H]5[C@]6(O)O[C@@]4(C[C@@]13O)[C@@]5(C)CC[C@H]6O)[C@]2(C)O. The molecule has 204 valence electrons. The molecule has 3 saturated heterocycles. The van der Waals surface area contributed by atoms with Crippen molar-refractivity contribution in [1.82, 2.24) is 4.90 Å². The molecule has 7 N–H and O–H groups in total. The summed E-state index contributed by atoms with van der Waals surface area (Å²) in [6.45, 7) is 6.70. The monoisotopic (exact) mass is 509 g/mol. The Morgan fingerprint density at radius 3 is 2.19 bits per heavy atom. The van der Waals surface area contributed by atoms with Crippen LogP contribution in [0.2, 0.25) is 0 Å². The minimum atomic E-state index is -2.02. The molecule has 3 heterocycles. The zero-order valence-corrected chi connectivity index (χ0v) is 21.6. The lowest BCUT2D eigenvalue weighted by atomic mass is 9.49. The molecule has 1 spiro atoms. The van der Waals surface area contributed by atoms with Crippen LogP contribution in [0.15, 0.2) is 0 Å². The number of hydrogen-bond donors (Lipinski definition) is 7. The molecule has 4 saturated carbocycles. The van der Waals surface area contributed by atoms with E-state index in [-0.39, 0.29) is 31.3 Å². The second-order valence-electron chi connectivity index (χ2n) is 14.3. The van der Waals surface area contributed by atoms with Crippen molar-refractivity contribution >= 4 is 0 Å². The van der Waals surface area contributed by atoms with Gasteiger partial charge in [0.25, 0.3) is 0 Å². The summed E-state index contributed by atoms with van der Waals surface area (Å²) in [5, 5.41) is 83.2. The Balaban J connectivity index is 1.39. The Morgan fingerprint density at radius 1 is 0.778 bits per heavy atom. The summed E-state index contributed by atoms with van der Waals surface area (Å²) < 4.78 is 6.52. The average Bonchev–Trinajstić information content (AvgIpc) is 2.97. The van der Waals surface area contributed by atoms with Crippen LogP contribution in [0.3, 0.4) is 0 Å². The zero-order valence-electron chi connectivity index (χ0n) is 21.6. The van der Waals surface area contributed by atoms with E-state index >= 15 is 0 Å². The number of rotatable bonds is 0. The van der Waals surface area contributed by atoms with Gasteiger partial charge in [0.05, 0.1) is 11.7 Å². The van der Waals surface area contributed by atoms with Gasteiger partial charge in [-0.1, -0.05) is 13.8 Å². The van der Waals surface area contributed by atoms with Crippen LogP contribution >= 0.6 is 0 Å². The predicted molar refractivity (Wildman–Crippen MR) is 126 cm³/mol. The Kier molecular flexibility index (Phi) is 4.57. The lowest BCUT2D eigenvalue weighted by Gasteiger charge is -2.68. The summed E-state index contributed by atoms with van der Waals surface area (Å²) in [7, 11) is 0. The highest BCUT2D eigenvalue weighted by molar-refractivity contribution is 5.37. The first-order chi connectivity index (χ1) is 16.6. The molecule has 0 amide bonds. The minimum absolute atomic E-state index is 0.0208. The number of aliphatic hydroxyl groups is 7. The van der Waals surface area contributed by atoms with E-state index in [4.69, 9.17) is 4.74 Å². The summed E-state index contributed by atoms with van der Waals surface area (Å²) in [4.78, 5) is 2.12. The molecule has 3 aliphatic heterocycles. The van der Waals surface area contributed by atoms with Gasteiger partial charge in [0.1, 0.15) is 28.5 Å². The van der Waals surface area contributed by atoms with Crippen LogP contribution in [-0.2, 0) is 4.74 Å². The fourth-order valence-electron chi connectivity index (χ4n) is 11.3. The lowest BCUT2D eigenvalue weighted by molar-refractivity contribution is -0.354.